The van der Waals surface area contributed by atoms with Crippen molar-refractivity contribution >= 4 is 22.7 Å². The lowest BCUT2D eigenvalue weighted by Gasteiger charge is -2.11. The number of halogens is 1. The van der Waals surface area contributed by atoms with Gasteiger partial charge in [-0.3, -0.25) is 4.57 Å². The Morgan fingerprint density at radius 1 is 0.969 bits per heavy atom. The van der Waals surface area contributed by atoms with Crippen molar-refractivity contribution in [3.05, 3.63) is 106 Å². The molecule has 0 radical (unpaired) electrons. The van der Waals surface area contributed by atoms with Gasteiger partial charge in [-0.05, 0) is 48.4 Å². The molecule has 2 heterocycles. The summed E-state index contributed by atoms with van der Waals surface area (Å²) in [5.74, 6) is 0.849. The van der Waals surface area contributed by atoms with Gasteiger partial charge in [0.05, 0.1) is 0 Å². The standard InChI is InChI=1S/C25H18FN3O2S/c1-16-7-12-21-18(14-23(30)31-22(21)13-16)15-32-25-28-27-24(17-5-3-2-4-6-17)29(25)20-10-8-19(26)9-11-20/h2-14H,15H2,1H3. The molecule has 158 valence electrons. The first kappa shape index (κ1) is 20.2. The smallest absolute Gasteiger partial charge is 0.336 e. The molecule has 0 fully saturated rings. The summed E-state index contributed by atoms with van der Waals surface area (Å²) in [6.45, 7) is 1.96. The Labute approximate surface area is 187 Å². The van der Waals surface area contributed by atoms with Gasteiger partial charge in [-0.15, -0.1) is 10.2 Å². The van der Waals surface area contributed by atoms with E-state index in [1.807, 2.05) is 60.0 Å². The largest absolute Gasteiger partial charge is 0.423 e. The number of nitrogens with zero attached hydrogens (tertiary/aromatic N) is 3. The number of benzene rings is 3. The van der Waals surface area contributed by atoms with Gasteiger partial charge in [0.1, 0.15) is 11.4 Å². The van der Waals surface area contributed by atoms with Crippen LogP contribution in [0.4, 0.5) is 4.39 Å². The van der Waals surface area contributed by atoms with Crippen molar-refractivity contribution < 1.29 is 8.81 Å². The molecule has 0 saturated heterocycles. The SMILES string of the molecule is Cc1ccc2c(CSc3nnc(-c4ccccc4)n3-c3ccc(F)cc3)cc(=O)oc2c1. The highest BCUT2D eigenvalue weighted by atomic mass is 32.2. The van der Waals surface area contributed by atoms with Crippen LogP contribution in [0.15, 0.2) is 93.2 Å². The third-order valence-corrected chi connectivity index (χ3v) is 6.07. The summed E-state index contributed by atoms with van der Waals surface area (Å²) in [4.78, 5) is 12.1. The Morgan fingerprint density at radius 2 is 1.75 bits per heavy atom. The van der Waals surface area contributed by atoms with Crippen molar-refractivity contribution in [2.24, 2.45) is 0 Å². The van der Waals surface area contributed by atoms with E-state index in [1.165, 1.54) is 30.0 Å². The molecule has 0 unspecified atom stereocenters. The predicted molar refractivity (Wildman–Crippen MR) is 124 cm³/mol. The molecule has 0 amide bonds. The van der Waals surface area contributed by atoms with Gasteiger partial charge >= 0.3 is 5.63 Å². The van der Waals surface area contributed by atoms with E-state index in [-0.39, 0.29) is 11.4 Å². The molecule has 5 rings (SSSR count). The Kier molecular flexibility index (Phi) is 5.33. The number of hydrogen-bond donors (Lipinski definition) is 0. The Bertz CT molecular complexity index is 1460. The normalized spacial score (nSPS) is 11.2. The highest BCUT2D eigenvalue weighted by molar-refractivity contribution is 7.98. The Balaban J connectivity index is 1.56. The third-order valence-electron chi connectivity index (χ3n) is 5.09. The van der Waals surface area contributed by atoms with Crippen LogP contribution in [0.3, 0.4) is 0 Å². The zero-order chi connectivity index (χ0) is 22.1. The number of thioether (sulfide) groups is 1. The summed E-state index contributed by atoms with van der Waals surface area (Å²) in [6.07, 6.45) is 0. The zero-order valence-corrected chi connectivity index (χ0v) is 18.0. The average Bonchev–Trinajstić information content (AvgIpc) is 3.22. The monoisotopic (exact) mass is 443 g/mol. The fraction of sp³-hybridized carbons (Fsp3) is 0.0800. The Morgan fingerprint density at radius 3 is 2.53 bits per heavy atom. The second kappa shape index (κ2) is 8.43. The van der Waals surface area contributed by atoms with Crippen LogP contribution in [0, 0.1) is 12.7 Å². The zero-order valence-electron chi connectivity index (χ0n) is 17.2. The molecule has 0 N–H and O–H groups in total. The van der Waals surface area contributed by atoms with Crippen LogP contribution in [-0.2, 0) is 5.75 Å². The minimum absolute atomic E-state index is 0.310. The van der Waals surface area contributed by atoms with Crippen molar-refractivity contribution in [2.75, 3.05) is 0 Å². The lowest BCUT2D eigenvalue weighted by molar-refractivity contribution is 0.559. The highest BCUT2D eigenvalue weighted by Crippen LogP contribution is 2.31. The average molecular weight is 444 g/mol. The minimum Gasteiger partial charge on any atom is -0.423 e. The summed E-state index contributed by atoms with van der Waals surface area (Å²) in [5.41, 5.74) is 3.72. The molecular formula is C25H18FN3O2S. The maximum absolute atomic E-state index is 13.6. The molecule has 2 aromatic heterocycles. The van der Waals surface area contributed by atoms with Gasteiger partial charge in [0, 0.05) is 28.5 Å². The van der Waals surface area contributed by atoms with Crippen molar-refractivity contribution in [3.8, 4) is 17.1 Å². The predicted octanol–water partition coefficient (Wildman–Crippen LogP) is 5.78. The molecular weight excluding hydrogens is 425 g/mol. The summed E-state index contributed by atoms with van der Waals surface area (Å²) < 4.78 is 20.8. The van der Waals surface area contributed by atoms with Crippen LogP contribution in [-0.4, -0.2) is 14.8 Å². The van der Waals surface area contributed by atoms with E-state index in [4.69, 9.17) is 4.42 Å². The topological polar surface area (TPSA) is 60.9 Å². The fourth-order valence-electron chi connectivity index (χ4n) is 3.56. The molecule has 0 aliphatic rings. The van der Waals surface area contributed by atoms with E-state index in [9.17, 15) is 9.18 Å². The molecule has 7 heteroatoms. The number of hydrogen-bond acceptors (Lipinski definition) is 5. The summed E-state index contributed by atoms with van der Waals surface area (Å²) >= 11 is 1.46. The van der Waals surface area contributed by atoms with Crippen molar-refractivity contribution in [2.45, 2.75) is 17.8 Å². The molecule has 5 aromatic rings. The molecule has 0 spiro atoms. The lowest BCUT2D eigenvalue weighted by atomic mass is 10.1. The van der Waals surface area contributed by atoms with Gasteiger partial charge in [-0.25, -0.2) is 9.18 Å². The van der Waals surface area contributed by atoms with Gasteiger partial charge in [0.15, 0.2) is 11.0 Å². The molecule has 5 nitrogen and oxygen atoms in total. The van der Waals surface area contributed by atoms with Crippen LogP contribution in [0.5, 0.6) is 0 Å². The van der Waals surface area contributed by atoms with E-state index in [0.717, 1.165) is 27.8 Å². The first-order valence-electron chi connectivity index (χ1n) is 10.0. The first-order chi connectivity index (χ1) is 15.6. The van der Waals surface area contributed by atoms with Crippen molar-refractivity contribution in [3.63, 3.8) is 0 Å². The second-order valence-corrected chi connectivity index (χ2v) is 8.31. The van der Waals surface area contributed by atoms with Crippen molar-refractivity contribution in [1.29, 1.82) is 0 Å². The van der Waals surface area contributed by atoms with Crippen LogP contribution in [0.1, 0.15) is 11.1 Å². The van der Waals surface area contributed by atoms with Crippen LogP contribution in [0.2, 0.25) is 0 Å². The summed E-state index contributed by atoms with van der Waals surface area (Å²) in [6, 6.07) is 23.3. The fourth-order valence-corrected chi connectivity index (χ4v) is 4.50. The van der Waals surface area contributed by atoms with E-state index < -0.39 is 0 Å². The first-order valence-corrected chi connectivity index (χ1v) is 11.0. The number of fused-ring (bicyclic) bond motifs is 1. The van der Waals surface area contributed by atoms with Gasteiger partial charge in [-0.1, -0.05) is 54.2 Å². The molecule has 0 atom stereocenters. The molecule has 32 heavy (non-hydrogen) atoms. The maximum atomic E-state index is 13.6. The van der Waals surface area contributed by atoms with Gasteiger partial charge in [-0.2, -0.15) is 0 Å². The van der Waals surface area contributed by atoms with Crippen molar-refractivity contribution in [1.82, 2.24) is 14.8 Å². The van der Waals surface area contributed by atoms with Crippen LogP contribution >= 0.6 is 11.8 Å². The van der Waals surface area contributed by atoms with Crippen LogP contribution < -0.4 is 5.63 Å². The molecule has 3 aromatic carbocycles. The number of aryl methyl sites for hydroxylation is 1. The minimum atomic E-state index is -0.385. The molecule has 0 bridgehead atoms. The second-order valence-electron chi connectivity index (χ2n) is 7.36. The van der Waals surface area contributed by atoms with Gasteiger partial charge < -0.3 is 4.42 Å². The highest BCUT2D eigenvalue weighted by Gasteiger charge is 2.17. The quantitative estimate of drug-likeness (QED) is 0.255. The van der Waals surface area contributed by atoms with Gasteiger partial charge in [0.2, 0.25) is 0 Å². The van der Waals surface area contributed by atoms with Crippen LogP contribution in [0.25, 0.3) is 28.0 Å². The lowest BCUT2D eigenvalue weighted by Crippen LogP contribution is -2.02. The summed E-state index contributed by atoms with van der Waals surface area (Å²) in [7, 11) is 0. The third kappa shape index (κ3) is 3.94. The number of rotatable bonds is 5. The van der Waals surface area contributed by atoms with E-state index in [0.29, 0.717) is 22.3 Å². The molecule has 0 saturated carbocycles. The Hall–Kier alpha value is -3.71. The summed E-state index contributed by atoms with van der Waals surface area (Å²) in [5, 5.41) is 10.3. The molecule has 0 aliphatic heterocycles. The maximum Gasteiger partial charge on any atom is 0.336 e. The number of aromatic nitrogens is 3. The van der Waals surface area contributed by atoms with E-state index >= 15 is 0 Å². The van der Waals surface area contributed by atoms with Gasteiger partial charge in [0.25, 0.3) is 0 Å². The van der Waals surface area contributed by atoms with E-state index in [1.54, 1.807) is 12.1 Å². The van der Waals surface area contributed by atoms with E-state index in [2.05, 4.69) is 10.2 Å². The molecule has 0 aliphatic carbocycles.